The number of nitrogens with one attached hydrogen (secondary N) is 1. The molecule has 2 aromatic carbocycles. The Morgan fingerprint density at radius 1 is 1.20 bits per heavy atom. The van der Waals surface area contributed by atoms with Crippen molar-refractivity contribution >= 4 is 16.9 Å². The lowest BCUT2D eigenvalue weighted by Crippen LogP contribution is -2.33. The number of halogens is 3. The molecule has 1 aliphatic rings. The molecule has 1 fully saturated rings. The van der Waals surface area contributed by atoms with Gasteiger partial charge >= 0.3 is 12.3 Å². The van der Waals surface area contributed by atoms with Crippen LogP contribution in [0.2, 0.25) is 0 Å². The van der Waals surface area contributed by atoms with E-state index in [1.165, 1.54) is 0 Å². The van der Waals surface area contributed by atoms with Crippen LogP contribution in [0.1, 0.15) is 24.3 Å². The Hall–Kier alpha value is -2.52. The minimum Gasteiger partial charge on any atom is -0.497 e. The maximum absolute atomic E-state index is 12.0. The van der Waals surface area contributed by atoms with E-state index in [2.05, 4.69) is 16.1 Å². The second-order valence-corrected chi connectivity index (χ2v) is 6.99. The van der Waals surface area contributed by atoms with Gasteiger partial charge in [0.1, 0.15) is 5.75 Å². The van der Waals surface area contributed by atoms with Crippen molar-refractivity contribution in [1.82, 2.24) is 5.32 Å². The van der Waals surface area contributed by atoms with Gasteiger partial charge in [-0.15, -0.1) is 0 Å². The third-order valence-corrected chi connectivity index (χ3v) is 4.78. The second-order valence-electron chi connectivity index (χ2n) is 6.99. The summed E-state index contributed by atoms with van der Waals surface area (Å²) >= 11 is 0. The van der Waals surface area contributed by atoms with Gasteiger partial charge in [0, 0.05) is 18.9 Å². The molecule has 1 saturated heterocycles. The summed E-state index contributed by atoms with van der Waals surface area (Å²) in [6.45, 7) is -0.453. The Balaban J connectivity index is 1.43. The molecule has 0 aliphatic carbocycles. The van der Waals surface area contributed by atoms with E-state index in [0.29, 0.717) is 26.1 Å². The summed E-state index contributed by atoms with van der Waals surface area (Å²) in [4.78, 5) is 11.2. The average Bonchev–Trinajstić information content (AvgIpc) is 2.74. The molecular formula is C21H24F3NO5. The highest BCUT2D eigenvalue weighted by Crippen LogP contribution is 2.31. The van der Waals surface area contributed by atoms with Gasteiger partial charge in [0.2, 0.25) is 0 Å². The van der Waals surface area contributed by atoms with Crippen LogP contribution in [0.4, 0.5) is 18.0 Å². The Kier molecular flexibility index (Phi) is 7.38. The number of carbonyl (C=O) groups is 1. The molecule has 0 atom stereocenters. The lowest BCUT2D eigenvalue weighted by Gasteiger charge is -2.30. The van der Waals surface area contributed by atoms with E-state index >= 15 is 0 Å². The van der Waals surface area contributed by atoms with Crippen LogP contribution < -0.4 is 10.1 Å². The quantitative estimate of drug-likeness (QED) is 0.665. The molecule has 0 aromatic heterocycles. The van der Waals surface area contributed by atoms with Crippen molar-refractivity contribution in [2.45, 2.75) is 31.2 Å². The van der Waals surface area contributed by atoms with Gasteiger partial charge in [-0.2, -0.15) is 13.2 Å². The monoisotopic (exact) mass is 427 g/mol. The molecule has 0 spiro atoms. The van der Waals surface area contributed by atoms with Gasteiger partial charge < -0.3 is 24.3 Å². The zero-order chi connectivity index (χ0) is 21.6. The van der Waals surface area contributed by atoms with E-state index < -0.39 is 25.2 Å². The van der Waals surface area contributed by atoms with Gasteiger partial charge in [0.05, 0.1) is 20.3 Å². The summed E-state index contributed by atoms with van der Waals surface area (Å²) in [5.74, 6) is 0.860. The molecule has 3 rings (SSSR count). The van der Waals surface area contributed by atoms with Crippen LogP contribution in [-0.2, 0) is 14.2 Å². The van der Waals surface area contributed by atoms with Crippen molar-refractivity contribution in [3.8, 4) is 5.75 Å². The number of hydrogen-bond acceptors (Lipinski definition) is 5. The molecule has 1 amide bonds. The third-order valence-electron chi connectivity index (χ3n) is 4.78. The molecule has 1 heterocycles. The van der Waals surface area contributed by atoms with Gasteiger partial charge in [-0.1, -0.05) is 24.3 Å². The first-order valence-corrected chi connectivity index (χ1v) is 9.63. The number of amides is 1. The Bertz CT molecular complexity index is 850. The van der Waals surface area contributed by atoms with Gasteiger partial charge in [0.15, 0.2) is 12.9 Å². The fraction of sp³-hybridized carbons (Fsp3) is 0.476. The first-order chi connectivity index (χ1) is 14.4. The summed E-state index contributed by atoms with van der Waals surface area (Å²) in [5.41, 5.74) is 1.12. The van der Waals surface area contributed by atoms with Gasteiger partial charge in [0.25, 0.3) is 0 Å². The zero-order valence-electron chi connectivity index (χ0n) is 16.5. The highest BCUT2D eigenvalue weighted by atomic mass is 19.4. The van der Waals surface area contributed by atoms with Crippen LogP contribution in [-0.4, -0.2) is 52.0 Å². The van der Waals surface area contributed by atoms with Gasteiger partial charge in [-0.25, -0.2) is 4.79 Å². The molecule has 0 bridgehead atoms. The highest BCUT2D eigenvalue weighted by Gasteiger charge is 2.29. The van der Waals surface area contributed by atoms with Crippen LogP contribution in [0.15, 0.2) is 36.4 Å². The normalized spacial score (nSPS) is 19.5. The fourth-order valence-electron chi connectivity index (χ4n) is 3.31. The number of benzene rings is 2. The van der Waals surface area contributed by atoms with E-state index in [9.17, 15) is 18.0 Å². The first kappa shape index (κ1) is 22.2. The molecule has 0 unspecified atom stereocenters. The number of methoxy groups -OCH3 is 1. The predicted octanol–water partition coefficient (Wildman–Crippen LogP) is 4.37. The zero-order valence-corrected chi connectivity index (χ0v) is 16.5. The number of ether oxygens (including phenoxy) is 4. The van der Waals surface area contributed by atoms with Gasteiger partial charge in [-0.3, -0.25) is 0 Å². The maximum atomic E-state index is 12.0. The Labute approximate surface area is 172 Å². The van der Waals surface area contributed by atoms with Crippen molar-refractivity contribution < 1.29 is 36.9 Å². The predicted molar refractivity (Wildman–Crippen MR) is 104 cm³/mol. The van der Waals surface area contributed by atoms with Gasteiger partial charge in [-0.05, 0) is 34.9 Å². The average molecular weight is 427 g/mol. The van der Waals surface area contributed by atoms with Crippen LogP contribution >= 0.6 is 0 Å². The van der Waals surface area contributed by atoms with Crippen molar-refractivity contribution in [2.24, 2.45) is 0 Å². The minimum atomic E-state index is -4.53. The Morgan fingerprint density at radius 2 is 1.97 bits per heavy atom. The minimum absolute atomic E-state index is 0.0764. The standard InChI is InChI=1S/C21H24F3NO5/c1-27-16-8-7-14-4-2-5-17(18(14)10-16)15-11-28-19(29-12-15)6-3-9-25-20(26)30-13-21(22,23)24/h2,4-5,7-8,10,15,19H,3,6,9,11-13H2,1H3,(H,25,26). The SMILES string of the molecule is COc1ccc2cccc(C3COC(CCCNC(=O)OCC(F)(F)F)OC3)c2c1. The molecule has 2 aromatic rings. The molecule has 0 saturated carbocycles. The number of rotatable bonds is 7. The number of hydrogen-bond donors (Lipinski definition) is 1. The lowest BCUT2D eigenvalue weighted by molar-refractivity contribution is -0.189. The van der Waals surface area contributed by atoms with E-state index in [1.807, 2.05) is 30.3 Å². The van der Waals surface area contributed by atoms with E-state index in [1.54, 1.807) is 7.11 Å². The lowest BCUT2D eigenvalue weighted by atomic mass is 9.94. The topological polar surface area (TPSA) is 66.0 Å². The van der Waals surface area contributed by atoms with Crippen molar-refractivity contribution in [2.75, 3.05) is 33.5 Å². The number of carbonyl (C=O) groups excluding carboxylic acids is 1. The molecule has 6 nitrogen and oxygen atoms in total. The molecule has 1 aliphatic heterocycles. The number of fused-ring (bicyclic) bond motifs is 1. The molecular weight excluding hydrogens is 403 g/mol. The molecule has 164 valence electrons. The van der Waals surface area contributed by atoms with Crippen LogP contribution in [0.5, 0.6) is 5.75 Å². The van der Waals surface area contributed by atoms with E-state index in [4.69, 9.17) is 14.2 Å². The fourth-order valence-corrected chi connectivity index (χ4v) is 3.31. The maximum Gasteiger partial charge on any atom is 0.422 e. The molecule has 0 radical (unpaired) electrons. The van der Waals surface area contributed by atoms with Crippen LogP contribution in [0.25, 0.3) is 10.8 Å². The van der Waals surface area contributed by atoms with Crippen molar-refractivity contribution in [3.63, 3.8) is 0 Å². The van der Waals surface area contributed by atoms with Crippen LogP contribution in [0, 0.1) is 0 Å². The third kappa shape index (κ3) is 6.24. The second kappa shape index (κ2) is 9.99. The van der Waals surface area contributed by atoms with Crippen molar-refractivity contribution in [3.05, 3.63) is 42.0 Å². The number of alkyl halides is 3. The summed E-state index contributed by atoms with van der Waals surface area (Å²) in [6.07, 6.45) is -5.05. The first-order valence-electron chi connectivity index (χ1n) is 9.63. The molecule has 9 heteroatoms. The van der Waals surface area contributed by atoms with Crippen LogP contribution in [0.3, 0.4) is 0 Å². The van der Waals surface area contributed by atoms with Crippen molar-refractivity contribution in [1.29, 1.82) is 0 Å². The van der Waals surface area contributed by atoms with E-state index in [-0.39, 0.29) is 12.5 Å². The smallest absolute Gasteiger partial charge is 0.422 e. The summed E-state index contributed by atoms with van der Waals surface area (Å²) in [6, 6.07) is 12.0. The largest absolute Gasteiger partial charge is 0.497 e. The summed E-state index contributed by atoms with van der Waals surface area (Å²) in [5, 5.41) is 4.48. The number of alkyl carbamates (subject to hydrolysis) is 1. The summed E-state index contributed by atoms with van der Waals surface area (Å²) in [7, 11) is 1.63. The highest BCUT2D eigenvalue weighted by molar-refractivity contribution is 5.87. The van der Waals surface area contributed by atoms with E-state index in [0.717, 1.165) is 22.1 Å². The molecule has 1 N–H and O–H groups in total. The summed E-state index contributed by atoms with van der Waals surface area (Å²) < 4.78 is 56.9. The molecule has 30 heavy (non-hydrogen) atoms. The Morgan fingerprint density at radius 3 is 2.67 bits per heavy atom.